The molecule has 0 bridgehead atoms. The number of hydrogen-bond acceptors (Lipinski definition) is 6. The lowest BCUT2D eigenvalue weighted by molar-refractivity contribution is -0.146. The number of carboxylic acid groups (broad SMARTS) is 1. The maximum absolute atomic E-state index is 12.4. The first kappa shape index (κ1) is 24.9. The lowest BCUT2D eigenvalue weighted by atomic mass is 10.1. The summed E-state index contributed by atoms with van der Waals surface area (Å²) in [6, 6.07) is 17.0. The van der Waals surface area contributed by atoms with Crippen molar-refractivity contribution in [1.82, 2.24) is 10.2 Å². The van der Waals surface area contributed by atoms with Crippen molar-refractivity contribution < 1.29 is 29.0 Å². The average molecular weight is 443 g/mol. The number of carbonyl (C=O) groups excluding carboxylic acids is 2. The van der Waals surface area contributed by atoms with Crippen LogP contribution in [0, 0.1) is 0 Å². The van der Waals surface area contributed by atoms with Crippen molar-refractivity contribution in [2.45, 2.75) is 38.0 Å². The van der Waals surface area contributed by atoms with E-state index in [-0.39, 0.29) is 6.61 Å². The zero-order valence-corrected chi connectivity index (χ0v) is 18.4. The molecule has 0 spiro atoms. The minimum Gasteiger partial charge on any atom is -0.480 e. The van der Waals surface area contributed by atoms with E-state index in [9.17, 15) is 19.5 Å². The van der Waals surface area contributed by atoms with Crippen LogP contribution in [0.2, 0.25) is 0 Å². The minimum atomic E-state index is -0.944. The zero-order valence-electron chi connectivity index (χ0n) is 18.4. The van der Waals surface area contributed by atoms with Crippen molar-refractivity contribution in [3.8, 4) is 0 Å². The van der Waals surface area contributed by atoms with E-state index < -0.39 is 30.1 Å². The van der Waals surface area contributed by atoms with Crippen molar-refractivity contribution in [3.05, 3.63) is 71.8 Å². The second-order valence-corrected chi connectivity index (χ2v) is 7.37. The molecule has 2 atom stereocenters. The molecule has 2 aromatic carbocycles. The molecule has 172 valence electrons. The molecule has 8 nitrogen and oxygen atoms in total. The third kappa shape index (κ3) is 8.03. The summed E-state index contributed by atoms with van der Waals surface area (Å²) in [5.74, 6) is -1.50. The van der Waals surface area contributed by atoms with Gasteiger partial charge in [0, 0.05) is 7.05 Å². The van der Waals surface area contributed by atoms with E-state index in [4.69, 9.17) is 9.47 Å². The molecular weight excluding hydrogens is 412 g/mol. The van der Waals surface area contributed by atoms with Crippen LogP contribution in [0.1, 0.15) is 24.0 Å². The maximum atomic E-state index is 12.4. The fraction of sp³-hybridized carbons (Fsp3) is 0.375. The second-order valence-electron chi connectivity index (χ2n) is 7.37. The number of rotatable bonds is 12. The SMILES string of the molecule is COC(=O)[C@H](CCCN[C@@H](Cc1ccccc1)C(=O)O)N(C)C(=O)OCc1ccccc1. The Balaban J connectivity index is 1.86. The van der Waals surface area contributed by atoms with Gasteiger partial charge >= 0.3 is 18.0 Å². The molecule has 1 amide bonds. The van der Waals surface area contributed by atoms with Gasteiger partial charge < -0.3 is 19.9 Å². The number of carbonyl (C=O) groups is 3. The summed E-state index contributed by atoms with van der Waals surface area (Å²) in [7, 11) is 2.74. The van der Waals surface area contributed by atoms with Gasteiger partial charge in [0.15, 0.2) is 0 Å². The maximum Gasteiger partial charge on any atom is 0.410 e. The Morgan fingerprint density at radius 1 is 1.00 bits per heavy atom. The Morgan fingerprint density at radius 3 is 2.16 bits per heavy atom. The predicted octanol–water partition coefficient (Wildman–Crippen LogP) is 2.86. The summed E-state index contributed by atoms with van der Waals surface area (Å²) in [5.41, 5.74) is 1.76. The largest absolute Gasteiger partial charge is 0.480 e. The van der Waals surface area contributed by atoms with Crippen molar-refractivity contribution in [1.29, 1.82) is 0 Å². The van der Waals surface area contributed by atoms with Crippen molar-refractivity contribution in [2.24, 2.45) is 0 Å². The molecule has 0 aliphatic rings. The monoisotopic (exact) mass is 442 g/mol. The quantitative estimate of drug-likeness (QED) is 0.385. The molecule has 2 N–H and O–H groups in total. The Morgan fingerprint density at radius 2 is 1.59 bits per heavy atom. The first-order chi connectivity index (χ1) is 15.4. The minimum absolute atomic E-state index is 0.0965. The van der Waals surface area contributed by atoms with E-state index in [0.29, 0.717) is 25.8 Å². The molecule has 0 aliphatic carbocycles. The van der Waals surface area contributed by atoms with Gasteiger partial charge in [-0.15, -0.1) is 0 Å². The number of methoxy groups -OCH3 is 1. The summed E-state index contributed by atoms with van der Waals surface area (Å²) < 4.78 is 10.1. The molecule has 8 heteroatoms. The van der Waals surface area contributed by atoms with Gasteiger partial charge in [-0.2, -0.15) is 0 Å². The highest BCUT2D eigenvalue weighted by atomic mass is 16.6. The van der Waals surface area contributed by atoms with Crippen molar-refractivity contribution in [3.63, 3.8) is 0 Å². The highest BCUT2D eigenvalue weighted by molar-refractivity contribution is 5.81. The van der Waals surface area contributed by atoms with Crippen LogP contribution < -0.4 is 5.32 Å². The number of hydrogen-bond donors (Lipinski definition) is 2. The zero-order chi connectivity index (χ0) is 23.3. The van der Waals surface area contributed by atoms with Crippen molar-refractivity contribution in [2.75, 3.05) is 20.7 Å². The molecule has 0 unspecified atom stereocenters. The van der Waals surface area contributed by atoms with Gasteiger partial charge in [0.2, 0.25) is 0 Å². The Kier molecular flexibility index (Phi) is 10.2. The Labute approximate surface area is 188 Å². The number of amides is 1. The number of esters is 1. The molecule has 0 aromatic heterocycles. The second kappa shape index (κ2) is 13.1. The van der Waals surface area contributed by atoms with E-state index in [2.05, 4.69) is 5.32 Å². The Hall–Kier alpha value is -3.39. The van der Waals surface area contributed by atoms with Crippen LogP contribution in [0.5, 0.6) is 0 Å². The van der Waals surface area contributed by atoms with Gasteiger partial charge in [-0.1, -0.05) is 60.7 Å². The molecule has 0 aliphatic heterocycles. The fourth-order valence-corrected chi connectivity index (χ4v) is 3.22. The van der Waals surface area contributed by atoms with E-state index in [0.717, 1.165) is 11.1 Å². The lowest BCUT2D eigenvalue weighted by Gasteiger charge is -2.25. The smallest absolute Gasteiger partial charge is 0.410 e. The van der Waals surface area contributed by atoms with Crippen LogP contribution >= 0.6 is 0 Å². The highest BCUT2D eigenvalue weighted by Gasteiger charge is 2.28. The number of benzene rings is 2. The summed E-state index contributed by atoms with van der Waals surface area (Å²) in [6.07, 6.45) is 0.482. The van der Waals surface area contributed by atoms with Crippen LogP contribution in [-0.4, -0.2) is 60.8 Å². The molecule has 0 saturated heterocycles. The summed E-state index contributed by atoms with van der Waals surface area (Å²) in [4.78, 5) is 37.4. The van der Waals surface area contributed by atoms with Crippen LogP contribution in [0.4, 0.5) is 4.79 Å². The predicted molar refractivity (Wildman–Crippen MR) is 119 cm³/mol. The average Bonchev–Trinajstić information content (AvgIpc) is 2.82. The van der Waals surface area contributed by atoms with Gasteiger partial charge in [0.1, 0.15) is 18.7 Å². The summed E-state index contributed by atoms with van der Waals surface area (Å²) >= 11 is 0. The summed E-state index contributed by atoms with van der Waals surface area (Å²) in [6.45, 7) is 0.462. The number of likely N-dealkylation sites (N-methyl/N-ethyl adjacent to an activating group) is 1. The Bertz CT molecular complexity index is 859. The number of nitrogens with one attached hydrogen (secondary N) is 1. The first-order valence-corrected chi connectivity index (χ1v) is 10.4. The van der Waals surface area contributed by atoms with Gasteiger partial charge in [-0.25, -0.2) is 9.59 Å². The van der Waals surface area contributed by atoms with Crippen LogP contribution in [0.15, 0.2) is 60.7 Å². The van der Waals surface area contributed by atoms with Crippen LogP contribution in [-0.2, 0) is 32.1 Å². The van der Waals surface area contributed by atoms with Gasteiger partial charge in [-0.05, 0) is 36.9 Å². The third-order valence-corrected chi connectivity index (χ3v) is 5.06. The van der Waals surface area contributed by atoms with Gasteiger partial charge in [0.05, 0.1) is 7.11 Å². The van der Waals surface area contributed by atoms with Gasteiger partial charge in [0.25, 0.3) is 0 Å². The molecule has 32 heavy (non-hydrogen) atoms. The molecule has 0 heterocycles. The highest BCUT2D eigenvalue weighted by Crippen LogP contribution is 2.11. The number of carboxylic acids is 1. The summed E-state index contributed by atoms with van der Waals surface area (Å²) in [5, 5.41) is 12.5. The van der Waals surface area contributed by atoms with E-state index in [1.807, 2.05) is 60.7 Å². The van der Waals surface area contributed by atoms with E-state index in [1.54, 1.807) is 0 Å². The molecule has 2 rings (SSSR count). The fourth-order valence-electron chi connectivity index (χ4n) is 3.22. The van der Waals surface area contributed by atoms with E-state index >= 15 is 0 Å². The molecule has 0 fully saturated rings. The standard InChI is InChI=1S/C24H30N2O6/c1-26(24(30)32-17-19-12-7-4-8-13-19)21(23(29)31-2)14-9-15-25-20(22(27)28)16-18-10-5-3-6-11-18/h3-8,10-13,20-21,25H,9,14-17H2,1-2H3,(H,27,28)/t20-,21-/m0/s1. The van der Waals surface area contributed by atoms with Crippen LogP contribution in [0.3, 0.4) is 0 Å². The molecular formula is C24H30N2O6. The van der Waals surface area contributed by atoms with E-state index in [1.165, 1.54) is 19.1 Å². The lowest BCUT2D eigenvalue weighted by Crippen LogP contribution is -2.44. The van der Waals surface area contributed by atoms with Crippen molar-refractivity contribution >= 4 is 18.0 Å². The molecule has 0 radical (unpaired) electrons. The normalized spacial score (nSPS) is 12.4. The van der Waals surface area contributed by atoms with Crippen LogP contribution in [0.25, 0.3) is 0 Å². The van der Waals surface area contributed by atoms with Gasteiger partial charge in [-0.3, -0.25) is 9.69 Å². The molecule has 2 aromatic rings. The third-order valence-electron chi connectivity index (χ3n) is 5.06. The topological polar surface area (TPSA) is 105 Å². The number of ether oxygens (including phenoxy) is 2. The molecule has 0 saturated carbocycles. The number of nitrogens with zero attached hydrogens (tertiary/aromatic N) is 1. The number of aliphatic carboxylic acids is 1. The first-order valence-electron chi connectivity index (χ1n) is 10.4.